The van der Waals surface area contributed by atoms with Crippen molar-refractivity contribution < 1.29 is 43.4 Å². The molecular weight excluding hydrogens is 632 g/mol. The quantitative estimate of drug-likeness (QED) is 0.129. The summed E-state index contributed by atoms with van der Waals surface area (Å²) in [6.07, 6.45) is -2.67. The standard InChI is InChI=1S/C38H48O9S/c1-3-4-14-21-42-37-33(40)32(39)34(30(45-37)25-41-22-27-15-8-5-9-16-27)47-38-36(44-24-29-19-12-7-13-20-29)35(31(46-38)26-48-2)43-23-28-17-10-6-11-18-28/h3,5-13,15-20,30-40H,1,4,14,21-26H2,2H3/t30-,31-,32-,33+,34-,35+,36-,37+,38-/m1/s1. The Balaban J connectivity index is 1.35. The molecule has 0 saturated carbocycles. The van der Waals surface area contributed by atoms with Gasteiger partial charge in [-0.1, -0.05) is 97.1 Å². The molecule has 2 aliphatic rings. The predicted molar refractivity (Wildman–Crippen MR) is 184 cm³/mol. The topological polar surface area (TPSA) is 105 Å². The van der Waals surface area contributed by atoms with Gasteiger partial charge in [0.1, 0.15) is 36.6 Å². The maximum Gasteiger partial charge on any atom is 0.187 e. The fourth-order valence-corrected chi connectivity index (χ4v) is 6.40. The van der Waals surface area contributed by atoms with E-state index in [0.29, 0.717) is 38.6 Å². The molecule has 260 valence electrons. The van der Waals surface area contributed by atoms with E-state index >= 15 is 0 Å². The minimum atomic E-state index is -1.36. The Labute approximate surface area is 288 Å². The highest BCUT2D eigenvalue weighted by Gasteiger charge is 2.52. The van der Waals surface area contributed by atoms with Crippen molar-refractivity contribution in [1.29, 1.82) is 0 Å². The van der Waals surface area contributed by atoms with Gasteiger partial charge in [-0.3, -0.25) is 0 Å². The van der Waals surface area contributed by atoms with Crippen molar-refractivity contribution in [1.82, 2.24) is 0 Å². The van der Waals surface area contributed by atoms with Gasteiger partial charge in [0.05, 0.1) is 39.1 Å². The largest absolute Gasteiger partial charge is 0.387 e. The third-order valence-corrected chi connectivity index (χ3v) is 8.99. The van der Waals surface area contributed by atoms with E-state index in [-0.39, 0.29) is 12.7 Å². The summed E-state index contributed by atoms with van der Waals surface area (Å²) in [6, 6.07) is 29.6. The first-order valence-electron chi connectivity index (χ1n) is 16.5. The first-order chi connectivity index (χ1) is 23.6. The lowest BCUT2D eigenvalue weighted by Gasteiger charge is -2.43. The van der Waals surface area contributed by atoms with Gasteiger partial charge in [-0.25, -0.2) is 0 Å². The number of aliphatic hydroxyl groups excluding tert-OH is 2. The van der Waals surface area contributed by atoms with Crippen molar-refractivity contribution in [2.45, 2.75) is 88.0 Å². The Bertz CT molecular complexity index is 1320. The van der Waals surface area contributed by atoms with Crippen molar-refractivity contribution in [2.24, 2.45) is 0 Å². The molecule has 2 saturated heterocycles. The third-order valence-electron chi connectivity index (χ3n) is 8.33. The number of allylic oxidation sites excluding steroid dienone is 1. The smallest absolute Gasteiger partial charge is 0.187 e. The van der Waals surface area contributed by atoms with E-state index < -0.39 is 49.2 Å². The van der Waals surface area contributed by atoms with Gasteiger partial charge >= 0.3 is 0 Å². The predicted octanol–water partition coefficient (Wildman–Crippen LogP) is 5.28. The van der Waals surface area contributed by atoms with E-state index in [0.717, 1.165) is 23.1 Å². The molecule has 9 atom stereocenters. The average molecular weight is 681 g/mol. The van der Waals surface area contributed by atoms with Gasteiger partial charge in [-0.15, -0.1) is 6.58 Å². The Morgan fingerprint density at radius 1 is 0.688 bits per heavy atom. The molecule has 0 spiro atoms. The Hall–Kier alpha value is -2.61. The molecule has 9 nitrogen and oxygen atoms in total. The summed E-state index contributed by atoms with van der Waals surface area (Å²) >= 11 is 1.64. The molecule has 48 heavy (non-hydrogen) atoms. The van der Waals surface area contributed by atoms with Crippen molar-refractivity contribution in [3.05, 3.63) is 120 Å². The molecular formula is C38H48O9S. The molecule has 0 amide bonds. The first kappa shape index (κ1) is 36.7. The van der Waals surface area contributed by atoms with Crippen LogP contribution < -0.4 is 0 Å². The number of rotatable bonds is 19. The van der Waals surface area contributed by atoms with Crippen LogP contribution in [0.2, 0.25) is 0 Å². The number of hydrogen-bond acceptors (Lipinski definition) is 10. The summed E-state index contributed by atoms with van der Waals surface area (Å²) in [6.45, 7) is 5.18. The molecule has 2 N–H and O–H groups in total. The second-order valence-electron chi connectivity index (χ2n) is 11.9. The zero-order chi connectivity index (χ0) is 33.6. The molecule has 10 heteroatoms. The van der Waals surface area contributed by atoms with E-state index in [4.69, 9.17) is 33.2 Å². The molecule has 0 aromatic heterocycles. The number of ether oxygens (including phenoxy) is 7. The summed E-state index contributed by atoms with van der Waals surface area (Å²) in [7, 11) is 0. The molecule has 3 aromatic carbocycles. The SMILES string of the molecule is C=CCCCO[C@H]1O[C@H](COCc2ccccc2)[C@@H](O[C@H]2O[C@H](CSC)[C@H](OCc3ccccc3)[C@H]2OCc2ccccc2)[C@H](O)[C@@H]1O. The van der Waals surface area contributed by atoms with Crippen molar-refractivity contribution in [2.75, 3.05) is 25.2 Å². The molecule has 0 radical (unpaired) electrons. The van der Waals surface area contributed by atoms with Crippen LogP contribution >= 0.6 is 11.8 Å². The minimum absolute atomic E-state index is 0.0836. The van der Waals surface area contributed by atoms with Crippen LogP contribution in [0.25, 0.3) is 0 Å². The average Bonchev–Trinajstić information content (AvgIpc) is 3.44. The minimum Gasteiger partial charge on any atom is -0.387 e. The van der Waals surface area contributed by atoms with E-state index in [9.17, 15) is 10.2 Å². The lowest BCUT2D eigenvalue weighted by atomic mass is 9.98. The molecule has 0 aliphatic carbocycles. The number of thioether (sulfide) groups is 1. The van der Waals surface area contributed by atoms with Crippen LogP contribution in [0, 0.1) is 0 Å². The Morgan fingerprint density at radius 2 is 1.25 bits per heavy atom. The van der Waals surface area contributed by atoms with Crippen molar-refractivity contribution in [3.8, 4) is 0 Å². The second-order valence-corrected chi connectivity index (χ2v) is 12.9. The molecule has 0 bridgehead atoms. The van der Waals surface area contributed by atoms with Crippen molar-refractivity contribution >= 4 is 11.8 Å². The summed E-state index contributed by atoms with van der Waals surface area (Å²) < 4.78 is 44.3. The van der Waals surface area contributed by atoms with Crippen LogP contribution in [0.5, 0.6) is 0 Å². The van der Waals surface area contributed by atoms with Crippen LogP contribution in [0.4, 0.5) is 0 Å². The van der Waals surface area contributed by atoms with Crippen LogP contribution in [-0.2, 0) is 53.0 Å². The maximum atomic E-state index is 11.5. The number of hydrogen-bond donors (Lipinski definition) is 2. The van der Waals surface area contributed by atoms with Crippen LogP contribution in [0.3, 0.4) is 0 Å². The zero-order valence-corrected chi connectivity index (χ0v) is 28.3. The van der Waals surface area contributed by atoms with Gasteiger partial charge in [0.2, 0.25) is 0 Å². The van der Waals surface area contributed by atoms with Crippen LogP contribution in [0.15, 0.2) is 104 Å². The van der Waals surface area contributed by atoms with Crippen LogP contribution in [-0.4, -0.2) is 90.7 Å². The van der Waals surface area contributed by atoms with E-state index in [1.807, 2.05) is 97.3 Å². The summed E-state index contributed by atoms with van der Waals surface area (Å²) in [5, 5.41) is 22.6. The van der Waals surface area contributed by atoms with E-state index in [1.165, 1.54) is 0 Å². The van der Waals surface area contributed by atoms with E-state index in [2.05, 4.69) is 6.58 Å². The van der Waals surface area contributed by atoms with Crippen molar-refractivity contribution in [3.63, 3.8) is 0 Å². The van der Waals surface area contributed by atoms with Gasteiger partial charge < -0.3 is 43.4 Å². The Kier molecular flexibility index (Phi) is 14.9. The molecule has 2 heterocycles. The third kappa shape index (κ3) is 10.4. The van der Waals surface area contributed by atoms with E-state index in [1.54, 1.807) is 17.8 Å². The molecule has 0 unspecified atom stereocenters. The lowest BCUT2D eigenvalue weighted by molar-refractivity contribution is -0.332. The number of unbranched alkanes of at least 4 members (excludes halogenated alkanes) is 1. The summed E-state index contributed by atoms with van der Waals surface area (Å²) in [5.41, 5.74) is 3.02. The summed E-state index contributed by atoms with van der Waals surface area (Å²) in [5.74, 6) is 0.640. The molecule has 2 aliphatic heterocycles. The summed E-state index contributed by atoms with van der Waals surface area (Å²) in [4.78, 5) is 0. The lowest BCUT2D eigenvalue weighted by Crippen LogP contribution is -2.61. The number of benzene rings is 3. The molecule has 2 fully saturated rings. The molecule has 3 aromatic rings. The second kappa shape index (κ2) is 19.5. The van der Waals surface area contributed by atoms with Gasteiger partial charge in [0.25, 0.3) is 0 Å². The highest BCUT2D eigenvalue weighted by Crippen LogP contribution is 2.34. The van der Waals surface area contributed by atoms with Gasteiger partial charge in [0, 0.05) is 5.75 Å². The normalized spacial score (nSPS) is 28.8. The van der Waals surface area contributed by atoms with Gasteiger partial charge in [-0.05, 0) is 35.8 Å². The molecule has 5 rings (SSSR count). The van der Waals surface area contributed by atoms with Gasteiger partial charge in [0.15, 0.2) is 12.6 Å². The fourth-order valence-electron chi connectivity index (χ4n) is 5.81. The maximum absolute atomic E-state index is 11.5. The van der Waals surface area contributed by atoms with Crippen LogP contribution in [0.1, 0.15) is 29.5 Å². The highest BCUT2D eigenvalue weighted by molar-refractivity contribution is 7.98. The Morgan fingerprint density at radius 3 is 1.83 bits per heavy atom. The monoisotopic (exact) mass is 680 g/mol. The zero-order valence-electron chi connectivity index (χ0n) is 27.5. The first-order valence-corrected chi connectivity index (χ1v) is 17.9. The highest BCUT2D eigenvalue weighted by atomic mass is 32.2. The van der Waals surface area contributed by atoms with Gasteiger partial charge in [-0.2, -0.15) is 11.8 Å². The number of aliphatic hydroxyl groups is 2. The fraction of sp³-hybridized carbons (Fsp3) is 0.474.